The molecule has 0 aliphatic carbocycles. The summed E-state index contributed by atoms with van der Waals surface area (Å²) in [6.07, 6.45) is 3.92. The number of piperidine rings is 1. The van der Waals surface area contributed by atoms with E-state index < -0.39 is 10.0 Å². The second-order valence-corrected chi connectivity index (χ2v) is 9.93. The monoisotopic (exact) mass is 438 g/mol. The number of nitrogens with zero attached hydrogens (tertiary/aromatic N) is 3. The zero-order chi connectivity index (χ0) is 21.7. The molecule has 0 bridgehead atoms. The molecule has 0 amide bonds. The van der Waals surface area contributed by atoms with Gasteiger partial charge in [-0.25, -0.2) is 12.7 Å². The van der Waals surface area contributed by atoms with E-state index in [-0.39, 0.29) is 0 Å². The van der Waals surface area contributed by atoms with Gasteiger partial charge in [0.2, 0.25) is 10.0 Å². The predicted molar refractivity (Wildman–Crippen MR) is 119 cm³/mol. The van der Waals surface area contributed by atoms with Crippen LogP contribution in [0.3, 0.4) is 0 Å². The largest absolute Gasteiger partial charge is 0.493 e. The van der Waals surface area contributed by atoms with E-state index in [9.17, 15) is 8.42 Å². The summed E-state index contributed by atoms with van der Waals surface area (Å²) in [5, 5.41) is 3.42. The fourth-order valence-corrected chi connectivity index (χ4v) is 5.00. The van der Waals surface area contributed by atoms with Crippen LogP contribution in [0, 0.1) is 5.92 Å². The van der Waals surface area contributed by atoms with Crippen LogP contribution in [0.1, 0.15) is 30.9 Å². The van der Waals surface area contributed by atoms with Crippen LogP contribution >= 0.6 is 0 Å². The highest BCUT2D eigenvalue weighted by molar-refractivity contribution is 7.88. The van der Waals surface area contributed by atoms with Crippen LogP contribution in [0.2, 0.25) is 0 Å². The number of sulfonamides is 1. The van der Waals surface area contributed by atoms with Crippen molar-refractivity contribution < 1.29 is 17.9 Å². The standard InChI is InChI=1S/C21H34N4O4S/c1-5-22-21(23-14-16-6-10-25(11-7-16)30(4,26)27)24-9-8-17-12-19(28-2)20(29-3)13-18(17)15-24/h12-13,16H,5-11,14-15H2,1-4H3,(H,22,23). The molecule has 1 aromatic rings. The first-order valence-electron chi connectivity index (χ1n) is 10.6. The zero-order valence-electron chi connectivity index (χ0n) is 18.5. The lowest BCUT2D eigenvalue weighted by Crippen LogP contribution is -2.44. The third-order valence-electron chi connectivity index (χ3n) is 5.89. The van der Waals surface area contributed by atoms with Gasteiger partial charge in [-0.2, -0.15) is 0 Å². The van der Waals surface area contributed by atoms with Crippen LogP contribution in [0.25, 0.3) is 0 Å². The molecular weight excluding hydrogens is 404 g/mol. The van der Waals surface area contributed by atoms with Crippen LogP contribution in [0.4, 0.5) is 0 Å². The molecule has 30 heavy (non-hydrogen) atoms. The molecule has 1 saturated heterocycles. The van der Waals surface area contributed by atoms with Gasteiger partial charge in [-0.3, -0.25) is 4.99 Å². The molecule has 2 aliphatic rings. The van der Waals surface area contributed by atoms with Crippen LogP contribution in [0.15, 0.2) is 17.1 Å². The van der Waals surface area contributed by atoms with Gasteiger partial charge in [0, 0.05) is 39.3 Å². The van der Waals surface area contributed by atoms with Crippen molar-refractivity contribution in [1.29, 1.82) is 0 Å². The Morgan fingerprint density at radius 2 is 1.77 bits per heavy atom. The van der Waals surface area contributed by atoms with Crippen molar-refractivity contribution in [1.82, 2.24) is 14.5 Å². The lowest BCUT2D eigenvalue weighted by atomic mass is 9.98. The Bertz CT molecular complexity index is 864. The highest BCUT2D eigenvalue weighted by Gasteiger charge is 2.26. The van der Waals surface area contributed by atoms with E-state index >= 15 is 0 Å². The van der Waals surface area contributed by atoms with Gasteiger partial charge in [0.1, 0.15) is 0 Å². The van der Waals surface area contributed by atoms with Crippen molar-refractivity contribution >= 4 is 16.0 Å². The number of hydrogen-bond acceptors (Lipinski definition) is 5. The molecule has 1 fully saturated rings. The van der Waals surface area contributed by atoms with Crippen molar-refractivity contribution in [3.63, 3.8) is 0 Å². The van der Waals surface area contributed by atoms with E-state index in [1.54, 1.807) is 18.5 Å². The van der Waals surface area contributed by atoms with Crippen molar-refractivity contribution in [2.75, 3.05) is 53.2 Å². The van der Waals surface area contributed by atoms with Gasteiger partial charge in [-0.15, -0.1) is 0 Å². The summed E-state index contributed by atoms with van der Waals surface area (Å²) >= 11 is 0. The first kappa shape index (κ1) is 22.7. The Kier molecular flexibility index (Phi) is 7.46. The van der Waals surface area contributed by atoms with Crippen molar-refractivity contribution in [3.05, 3.63) is 23.3 Å². The number of methoxy groups -OCH3 is 2. The Morgan fingerprint density at radius 1 is 1.13 bits per heavy atom. The molecule has 2 heterocycles. The SMILES string of the molecule is CCNC(=NCC1CCN(S(C)(=O)=O)CC1)N1CCc2cc(OC)c(OC)cc2C1. The molecule has 1 N–H and O–H groups in total. The summed E-state index contributed by atoms with van der Waals surface area (Å²) in [4.78, 5) is 7.19. The summed E-state index contributed by atoms with van der Waals surface area (Å²) in [5.74, 6) is 2.85. The molecule has 0 saturated carbocycles. The Morgan fingerprint density at radius 3 is 2.33 bits per heavy atom. The highest BCUT2D eigenvalue weighted by atomic mass is 32.2. The molecule has 0 radical (unpaired) electrons. The normalized spacial score (nSPS) is 18.8. The second kappa shape index (κ2) is 9.87. The molecule has 8 nitrogen and oxygen atoms in total. The molecule has 168 valence electrons. The number of fused-ring (bicyclic) bond motifs is 1. The van der Waals surface area contributed by atoms with Crippen LogP contribution in [-0.4, -0.2) is 76.8 Å². The summed E-state index contributed by atoms with van der Waals surface area (Å²) in [5.41, 5.74) is 2.51. The first-order valence-corrected chi connectivity index (χ1v) is 12.4. The second-order valence-electron chi connectivity index (χ2n) is 7.95. The van der Waals surface area contributed by atoms with Crippen LogP contribution < -0.4 is 14.8 Å². The molecule has 0 unspecified atom stereocenters. The summed E-state index contributed by atoms with van der Waals surface area (Å²) in [6.45, 7) is 6.44. The molecule has 0 spiro atoms. The Labute approximate surface area is 180 Å². The van der Waals surface area contributed by atoms with E-state index in [0.29, 0.717) is 19.0 Å². The Balaban J connectivity index is 1.67. The maximum Gasteiger partial charge on any atom is 0.211 e. The molecule has 0 aromatic heterocycles. The minimum Gasteiger partial charge on any atom is -0.493 e. The van der Waals surface area contributed by atoms with Gasteiger partial charge in [-0.1, -0.05) is 0 Å². The van der Waals surface area contributed by atoms with Gasteiger partial charge in [-0.05, 0) is 55.4 Å². The minimum absolute atomic E-state index is 0.415. The molecule has 2 aliphatic heterocycles. The van der Waals surface area contributed by atoms with E-state index in [4.69, 9.17) is 14.5 Å². The van der Waals surface area contributed by atoms with Gasteiger partial charge in [0.25, 0.3) is 0 Å². The first-order chi connectivity index (χ1) is 14.4. The lowest BCUT2D eigenvalue weighted by molar-refractivity contribution is 0.278. The number of nitrogens with one attached hydrogen (secondary N) is 1. The quantitative estimate of drug-likeness (QED) is 0.538. The summed E-state index contributed by atoms with van der Waals surface area (Å²) in [7, 11) is 0.233. The lowest BCUT2D eigenvalue weighted by Gasteiger charge is -2.33. The number of rotatable bonds is 6. The smallest absolute Gasteiger partial charge is 0.211 e. The predicted octanol–water partition coefficient (Wildman–Crippen LogP) is 1.70. The van der Waals surface area contributed by atoms with Crippen molar-refractivity contribution in [3.8, 4) is 11.5 Å². The van der Waals surface area contributed by atoms with Crippen molar-refractivity contribution in [2.45, 2.75) is 32.7 Å². The third kappa shape index (κ3) is 5.37. The van der Waals surface area contributed by atoms with Gasteiger partial charge in [0.15, 0.2) is 17.5 Å². The maximum atomic E-state index is 11.7. The zero-order valence-corrected chi connectivity index (χ0v) is 19.3. The molecule has 0 atom stereocenters. The fraction of sp³-hybridized carbons (Fsp3) is 0.667. The van der Waals surface area contributed by atoms with E-state index in [1.165, 1.54) is 17.4 Å². The average Bonchev–Trinajstić information content (AvgIpc) is 2.74. The molecular formula is C21H34N4O4S. The van der Waals surface area contributed by atoms with E-state index in [1.807, 2.05) is 0 Å². The minimum atomic E-state index is -3.09. The topological polar surface area (TPSA) is 83.5 Å². The number of hydrogen-bond donors (Lipinski definition) is 1. The third-order valence-corrected chi connectivity index (χ3v) is 7.20. The molecule has 1 aromatic carbocycles. The van der Waals surface area contributed by atoms with Gasteiger partial charge in [0.05, 0.1) is 20.5 Å². The highest BCUT2D eigenvalue weighted by Crippen LogP contribution is 2.33. The summed E-state index contributed by atoms with van der Waals surface area (Å²) < 4.78 is 35.9. The molecule has 9 heteroatoms. The van der Waals surface area contributed by atoms with Crippen LogP contribution in [0.5, 0.6) is 11.5 Å². The number of ether oxygens (including phenoxy) is 2. The number of benzene rings is 1. The fourth-order valence-electron chi connectivity index (χ4n) is 4.13. The Hall–Kier alpha value is -2.00. The van der Waals surface area contributed by atoms with Gasteiger partial charge >= 0.3 is 0 Å². The number of aliphatic imine (C=N–C) groups is 1. The average molecular weight is 439 g/mol. The van der Waals surface area contributed by atoms with Crippen LogP contribution in [-0.2, 0) is 23.0 Å². The molecule has 3 rings (SSSR count). The number of guanidine groups is 1. The van der Waals surface area contributed by atoms with E-state index in [0.717, 1.165) is 62.9 Å². The van der Waals surface area contributed by atoms with Crippen molar-refractivity contribution in [2.24, 2.45) is 10.9 Å². The van der Waals surface area contributed by atoms with Gasteiger partial charge < -0.3 is 19.7 Å². The summed E-state index contributed by atoms with van der Waals surface area (Å²) in [6, 6.07) is 4.13. The maximum absolute atomic E-state index is 11.7. The van der Waals surface area contributed by atoms with E-state index in [2.05, 4.69) is 29.3 Å².